The Morgan fingerprint density at radius 2 is 1.84 bits per heavy atom. The van der Waals surface area contributed by atoms with Gasteiger partial charge in [-0.15, -0.1) is 11.3 Å². The van der Waals surface area contributed by atoms with Crippen molar-refractivity contribution in [3.63, 3.8) is 0 Å². The number of carbonyl (C=O) groups is 1. The molecule has 2 N–H and O–H groups in total. The van der Waals surface area contributed by atoms with Crippen LogP contribution in [0.25, 0.3) is 10.6 Å². The fourth-order valence-electron chi connectivity index (χ4n) is 2.90. The molecule has 0 saturated heterocycles. The van der Waals surface area contributed by atoms with Gasteiger partial charge in [-0.1, -0.05) is 22.9 Å². The molecule has 0 spiro atoms. The molecule has 10 heteroatoms. The predicted molar refractivity (Wildman–Crippen MR) is 131 cm³/mol. The van der Waals surface area contributed by atoms with Crippen molar-refractivity contribution in [1.29, 1.82) is 0 Å². The molecular weight excluding hydrogens is 469 g/mol. The van der Waals surface area contributed by atoms with Crippen molar-refractivity contribution in [1.82, 2.24) is 9.97 Å². The molecule has 0 atom stereocenters. The van der Waals surface area contributed by atoms with Crippen molar-refractivity contribution in [3.8, 4) is 10.6 Å². The van der Waals surface area contributed by atoms with Crippen LogP contribution in [0.3, 0.4) is 0 Å². The maximum Gasteiger partial charge on any atom is 0.257 e. The lowest BCUT2D eigenvalue weighted by Crippen LogP contribution is -2.11. The molecular formula is C22H19ClFN5OS2. The minimum Gasteiger partial charge on any atom is -0.378 e. The van der Waals surface area contributed by atoms with Crippen LogP contribution in [0, 0.1) is 12.7 Å². The van der Waals surface area contributed by atoms with Crippen LogP contribution in [-0.2, 0) is 0 Å². The number of benzene rings is 2. The highest BCUT2D eigenvalue weighted by Gasteiger charge is 2.16. The Kier molecular flexibility index (Phi) is 6.40. The number of amides is 1. The van der Waals surface area contributed by atoms with Crippen molar-refractivity contribution in [2.45, 2.75) is 6.92 Å². The van der Waals surface area contributed by atoms with E-state index in [1.165, 1.54) is 46.9 Å². The molecule has 0 aliphatic heterocycles. The zero-order valence-electron chi connectivity index (χ0n) is 17.4. The molecule has 164 valence electrons. The number of hydrogen-bond acceptors (Lipinski definition) is 7. The van der Waals surface area contributed by atoms with Gasteiger partial charge in [0, 0.05) is 30.7 Å². The summed E-state index contributed by atoms with van der Waals surface area (Å²) < 4.78 is 13.1. The van der Waals surface area contributed by atoms with Crippen LogP contribution in [0.1, 0.15) is 16.1 Å². The van der Waals surface area contributed by atoms with Gasteiger partial charge in [-0.05, 0) is 49.4 Å². The summed E-state index contributed by atoms with van der Waals surface area (Å²) in [6.45, 7) is 1.86. The van der Waals surface area contributed by atoms with Crippen LogP contribution in [0.5, 0.6) is 0 Å². The summed E-state index contributed by atoms with van der Waals surface area (Å²) in [4.78, 5) is 24.3. The average Bonchev–Trinajstić information content (AvgIpc) is 3.36. The van der Waals surface area contributed by atoms with Gasteiger partial charge in [0.15, 0.2) is 10.3 Å². The number of thiazole rings is 2. The average molecular weight is 488 g/mol. The lowest BCUT2D eigenvalue weighted by molar-refractivity contribution is 0.102. The first-order valence-electron chi connectivity index (χ1n) is 9.54. The first-order valence-corrected chi connectivity index (χ1v) is 11.6. The van der Waals surface area contributed by atoms with Crippen molar-refractivity contribution in [2.24, 2.45) is 0 Å². The molecule has 0 radical (unpaired) electrons. The molecule has 2 heterocycles. The number of aryl methyl sites for hydroxylation is 1. The molecule has 6 nitrogen and oxygen atoms in total. The highest BCUT2D eigenvalue weighted by atomic mass is 35.5. The van der Waals surface area contributed by atoms with Gasteiger partial charge in [-0.25, -0.2) is 14.4 Å². The smallest absolute Gasteiger partial charge is 0.257 e. The third kappa shape index (κ3) is 4.90. The molecule has 32 heavy (non-hydrogen) atoms. The van der Waals surface area contributed by atoms with Crippen molar-refractivity contribution in [2.75, 3.05) is 29.6 Å². The van der Waals surface area contributed by atoms with Crippen LogP contribution in [0.15, 0.2) is 47.8 Å². The molecule has 0 saturated carbocycles. The third-order valence-corrected chi connectivity index (χ3v) is 6.75. The molecule has 0 aliphatic carbocycles. The maximum absolute atomic E-state index is 13.1. The number of hydrogen-bond donors (Lipinski definition) is 2. The van der Waals surface area contributed by atoms with Gasteiger partial charge in [-0.3, -0.25) is 10.1 Å². The second-order valence-electron chi connectivity index (χ2n) is 7.12. The van der Waals surface area contributed by atoms with E-state index in [1.54, 1.807) is 0 Å². The largest absolute Gasteiger partial charge is 0.378 e. The summed E-state index contributed by atoms with van der Waals surface area (Å²) in [5.41, 5.74) is 3.67. The normalized spacial score (nSPS) is 10.8. The summed E-state index contributed by atoms with van der Waals surface area (Å²) in [6, 6.07) is 11.1. The number of halogens is 2. The Hall–Kier alpha value is -3.01. The van der Waals surface area contributed by atoms with Gasteiger partial charge < -0.3 is 10.2 Å². The van der Waals surface area contributed by atoms with E-state index in [2.05, 4.69) is 20.6 Å². The topological polar surface area (TPSA) is 70.2 Å². The van der Waals surface area contributed by atoms with Gasteiger partial charge in [0.2, 0.25) is 0 Å². The van der Waals surface area contributed by atoms with Crippen LogP contribution in [-0.4, -0.2) is 30.0 Å². The lowest BCUT2D eigenvalue weighted by Gasteiger charge is -2.14. The SMILES string of the molecule is Cc1nc(NC(=O)c2ccc([19F])cc2)sc1-c1csc(Nc2cc(N(C)C)ccc2Cl)n1. The summed E-state index contributed by atoms with van der Waals surface area (Å²) in [6.07, 6.45) is 0. The van der Waals surface area contributed by atoms with Crippen molar-refractivity contribution < 1.29 is 9.18 Å². The van der Waals surface area contributed by atoms with Crippen LogP contribution >= 0.6 is 34.3 Å². The lowest BCUT2D eigenvalue weighted by atomic mass is 10.2. The van der Waals surface area contributed by atoms with Gasteiger partial charge >= 0.3 is 0 Å². The van der Waals surface area contributed by atoms with Crippen LogP contribution < -0.4 is 15.5 Å². The highest BCUT2D eigenvalue weighted by Crippen LogP contribution is 2.36. The first kappa shape index (κ1) is 22.2. The summed E-state index contributed by atoms with van der Waals surface area (Å²) in [7, 11) is 3.93. The number of carbonyl (C=O) groups excluding carboxylic acids is 1. The second kappa shape index (κ2) is 9.23. The number of aromatic nitrogens is 2. The Morgan fingerprint density at radius 1 is 1.09 bits per heavy atom. The summed E-state index contributed by atoms with van der Waals surface area (Å²) in [5.74, 6) is -0.738. The first-order chi connectivity index (χ1) is 15.3. The Labute approximate surface area is 197 Å². The predicted octanol–water partition coefficient (Wildman–Crippen LogP) is 6.43. The fourth-order valence-corrected chi connectivity index (χ4v) is 4.77. The Morgan fingerprint density at radius 3 is 2.56 bits per heavy atom. The van der Waals surface area contributed by atoms with Gasteiger partial charge in [0.1, 0.15) is 5.82 Å². The van der Waals surface area contributed by atoms with Crippen molar-refractivity contribution in [3.05, 3.63) is 69.9 Å². The van der Waals surface area contributed by atoms with Gasteiger partial charge in [0.05, 0.1) is 27.0 Å². The molecule has 4 rings (SSSR count). The van der Waals surface area contributed by atoms with Gasteiger partial charge in [-0.2, -0.15) is 0 Å². The quantitative estimate of drug-likeness (QED) is 0.328. The van der Waals surface area contributed by atoms with Gasteiger partial charge in [0.25, 0.3) is 5.91 Å². The molecule has 4 aromatic rings. The van der Waals surface area contributed by atoms with E-state index in [0.717, 1.165) is 27.6 Å². The highest BCUT2D eigenvalue weighted by molar-refractivity contribution is 7.20. The van der Waals surface area contributed by atoms with E-state index in [4.69, 9.17) is 11.6 Å². The van der Waals surface area contributed by atoms with E-state index in [0.29, 0.717) is 20.8 Å². The van der Waals surface area contributed by atoms with Crippen molar-refractivity contribution >= 4 is 61.8 Å². The molecule has 0 unspecified atom stereocenters. The van der Waals surface area contributed by atoms with E-state index in [9.17, 15) is 9.18 Å². The standard InChI is InChI=1S/C22H19ClFN5OS2/c1-12-19(32-22(25-12)28-20(30)13-4-6-14(24)7-5-13)18-11-31-21(27-18)26-17-10-15(29(2)3)8-9-16(17)23/h4-11H,1-3H3,(H,26,27)(H,25,28,30)/i24+0. The van der Waals surface area contributed by atoms with E-state index < -0.39 is 5.82 Å². The zero-order chi connectivity index (χ0) is 22.8. The molecule has 2 aromatic heterocycles. The summed E-state index contributed by atoms with van der Waals surface area (Å²) >= 11 is 9.13. The number of anilines is 4. The number of rotatable bonds is 6. The minimum absolute atomic E-state index is 0.346. The fraction of sp³-hybridized carbons (Fsp3) is 0.136. The van der Waals surface area contributed by atoms with E-state index in [1.807, 2.05) is 49.5 Å². The zero-order valence-corrected chi connectivity index (χ0v) is 19.8. The molecule has 0 fully saturated rings. The van der Waals surface area contributed by atoms with Crippen LogP contribution in [0.2, 0.25) is 5.02 Å². The summed E-state index contributed by atoms with van der Waals surface area (Å²) in [5, 5.41) is 9.72. The minimum atomic E-state index is -0.392. The second-order valence-corrected chi connectivity index (χ2v) is 9.38. The molecule has 0 bridgehead atoms. The Bertz CT molecular complexity index is 1270. The van der Waals surface area contributed by atoms with E-state index >= 15 is 0 Å². The number of nitrogens with one attached hydrogen (secondary N) is 2. The third-order valence-electron chi connectivity index (χ3n) is 4.57. The monoisotopic (exact) mass is 487 g/mol. The molecule has 0 aliphatic rings. The number of nitrogens with zero attached hydrogens (tertiary/aromatic N) is 3. The van der Waals surface area contributed by atoms with Crippen LogP contribution in [0.4, 0.5) is 26.0 Å². The molecule has 2 aromatic carbocycles. The maximum atomic E-state index is 13.1. The Balaban J connectivity index is 1.51. The van der Waals surface area contributed by atoms with E-state index in [-0.39, 0.29) is 5.91 Å². The molecule has 1 amide bonds.